The van der Waals surface area contributed by atoms with Crippen molar-refractivity contribution in [1.29, 1.82) is 0 Å². The summed E-state index contributed by atoms with van der Waals surface area (Å²) in [5, 5.41) is 9.33. The molecule has 0 aromatic heterocycles. The van der Waals surface area contributed by atoms with E-state index in [-0.39, 0.29) is 5.54 Å². The predicted octanol–water partition coefficient (Wildman–Crippen LogP) is 1.91. The molecule has 82 valence electrons. The number of fused-ring (bicyclic) bond motifs is 1. The second kappa shape index (κ2) is 3.82. The molecule has 3 N–H and O–H groups in total. The Morgan fingerprint density at radius 1 is 1.36 bits per heavy atom. The van der Waals surface area contributed by atoms with Crippen LogP contribution in [0, 0.1) is 17.8 Å². The van der Waals surface area contributed by atoms with Gasteiger partial charge in [0.25, 0.3) is 0 Å². The van der Waals surface area contributed by atoms with Crippen molar-refractivity contribution in [2.45, 2.75) is 51.0 Å². The molecule has 0 amide bonds. The van der Waals surface area contributed by atoms with E-state index in [0.29, 0.717) is 12.5 Å². The number of nitrogens with two attached hydrogens (primary N) is 1. The van der Waals surface area contributed by atoms with Gasteiger partial charge in [0.05, 0.1) is 0 Å². The molecular formula is C12H23NO. The van der Waals surface area contributed by atoms with Crippen molar-refractivity contribution in [2.75, 3.05) is 6.61 Å². The number of hydrogen-bond donors (Lipinski definition) is 2. The Labute approximate surface area is 86.9 Å². The molecule has 2 rings (SSSR count). The first kappa shape index (κ1) is 10.4. The molecule has 4 atom stereocenters. The first-order chi connectivity index (χ1) is 6.62. The molecule has 0 radical (unpaired) electrons. The minimum atomic E-state index is 0.0680. The molecule has 2 heteroatoms. The largest absolute Gasteiger partial charge is 0.396 e. The topological polar surface area (TPSA) is 46.2 Å². The van der Waals surface area contributed by atoms with E-state index in [2.05, 4.69) is 6.92 Å². The van der Waals surface area contributed by atoms with E-state index in [0.717, 1.165) is 18.3 Å². The Balaban J connectivity index is 2.03. The van der Waals surface area contributed by atoms with Crippen LogP contribution >= 0.6 is 0 Å². The van der Waals surface area contributed by atoms with Gasteiger partial charge in [-0.05, 0) is 50.4 Å². The molecule has 2 fully saturated rings. The van der Waals surface area contributed by atoms with Crippen molar-refractivity contribution in [3.63, 3.8) is 0 Å². The lowest BCUT2D eigenvalue weighted by Gasteiger charge is -2.46. The molecule has 0 aliphatic heterocycles. The molecule has 2 aliphatic rings. The zero-order chi connectivity index (χ0) is 10.2. The third-order valence-electron chi connectivity index (χ3n) is 4.37. The first-order valence-corrected chi connectivity index (χ1v) is 6.02. The monoisotopic (exact) mass is 197 g/mol. The van der Waals surface area contributed by atoms with Gasteiger partial charge in [-0.2, -0.15) is 0 Å². The van der Waals surface area contributed by atoms with Crippen LogP contribution in [0.1, 0.15) is 45.4 Å². The van der Waals surface area contributed by atoms with Crippen LogP contribution in [0.5, 0.6) is 0 Å². The fourth-order valence-corrected chi connectivity index (χ4v) is 3.60. The Bertz CT molecular complexity index is 202. The maximum atomic E-state index is 9.33. The lowest BCUT2D eigenvalue weighted by atomic mass is 9.62. The summed E-state index contributed by atoms with van der Waals surface area (Å²) in [5.74, 6) is 2.14. The van der Waals surface area contributed by atoms with Gasteiger partial charge in [-0.15, -0.1) is 0 Å². The predicted molar refractivity (Wildman–Crippen MR) is 57.9 cm³/mol. The number of aliphatic hydroxyl groups is 1. The van der Waals surface area contributed by atoms with Crippen molar-refractivity contribution in [3.8, 4) is 0 Å². The molecule has 0 aromatic rings. The molecule has 0 bridgehead atoms. The molecule has 14 heavy (non-hydrogen) atoms. The van der Waals surface area contributed by atoms with Crippen molar-refractivity contribution in [2.24, 2.45) is 23.5 Å². The van der Waals surface area contributed by atoms with Gasteiger partial charge < -0.3 is 10.8 Å². The van der Waals surface area contributed by atoms with Crippen LogP contribution in [0.25, 0.3) is 0 Å². The van der Waals surface area contributed by atoms with Gasteiger partial charge in [0.2, 0.25) is 0 Å². The Kier molecular flexibility index (Phi) is 2.85. The van der Waals surface area contributed by atoms with Gasteiger partial charge in [-0.3, -0.25) is 0 Å². The Morgan fingerprint density at radius 3 is 2.86 bits per heavy atom. The lowest BCUT2D eigenvalue weighted by molar-refractivity contribution is 0.0368. The molecule has 0 saturated heterocycles. The summed E-state index contributed by atoms with van der Waals surface area (Å²) < 4.78 is 0. The highest BCUT2D eigenvalue weighted by molar-refractivity contribution is 4.94. The highest BCUT2D eigenvalue weighted by Gasteiger charge is 2.40. The summed E-state index contributed by atoms with van der Waals surface area (Å²) in [6, 6.07) is 0. The van der Waals surface area contributed by atoms with Gasteiger partial charge >= 0.3 is 0 Å². The quantitative estimate of drug-likeness (QED) is 0.674. The maximum absolute atomic E-state index is 9.33. The first-order valence-electron chi connectivity index (χ1n) is 6.02. The second-order valence-electron chi connectivity index (χ2n) is 5.69. The SMILES string of the molecule is C[C@]1(N)CC[C@@H]2[C@H](CO)CCC[C@@H]2C1. The van der Waals surface area contributed by atoms with Gasteiger partial charge in [0, 0.05) is 12.1 Å². The van der Waals surface area contributed by atoms with E-state index < -0.39 is 0 Å². The summed E-state index contributed by atoms with van der Waals surface area (Å²) in [7, 11) is 0. The van der Waals surface area contributed by atoms with Crippen LogP contribution in [-0.4, -0.2) is 17.3 Å². The molecular weight excluding hydrogens is 174 g/mol. The summed E-state index contributed by atoms with van der Waals surface area (Å²) in [5.41, 5.74) is 6.28. The molecule has 2 aliphatic carbocycles. The van der Waals surface area contributed by atoms with Crippen molar-refractivity contribution < 1.29 is 5.11 Å². The maximum Gasteiger partial charge on any atom is 0.0462 e. The van der Waals surface area contributed by atoms with E-state index in [1.165, 1.54) is 32.1 Å². The lowest BCUT2D eigenvalue weighted by Crippen LogP contribution is -2.47. The van der Waals surface area contributed by atoms with Crippen LogP contribution in [0.4, 0.5) is 0 Å². The third kappa shape index (κ3) is 1.96. The van der Waals surface area contributed by atoms with Crippen LogP contribution in [0.3, 0.4) is 0 Å². The van der Waals surface area contributed by atoms with Gasteiger partial charge in [-0.25, -0.2) is 0 Å². The number of hydrogen-bond acceptors (Lipinski definition) is 2. The smallest absolute Gasteiger partial charge is 0.0462 e. The van der Waals surface area contributed by atoms with Crippen molar-refractivity contribution >= 4 is 0 Å². The summed E-state index contributed by atoms with van der Waals surface area (Å²) in [4.78, 5) is 0. The average molecular weight is 197 g/mol. The van der Waals surface area contributed by atoms with Crippen molar-refractivity contribution in [3.05, 3.63) is 0 Å². The number of rotatable bonds is 1. The van der Waals surface area contributed by atoms with Crippen molar-refractivity contribution in [1.82, 2.24) is 0 Å². The highest BCUT2D eigenvalue weighted by atomic mass is 16.3. The third-order valence-corrected chi connectivity index (χ3v) is 4.37. The van der Waals surface area contributed by atoms with Gasteiger partial charge in [0.15, 0.2) is 0 Å². The molecule has 0 heterocycles. The Morgan fingerprint density at radius 2 is 2.14 bits per heavy atom. The summed E-state index contributed by atoms with van der Waals surface area (Å²) in [6.07, 6.45) is 7.43. The molecule has 0 aromatic carbocycles. The molecule has 2 nitrogen and oxygen atoms in total. The highest BCUT2D eigenvalue weighted by Crippen LogP contribution is 2.45. The van der Waals surface area contributed by atoms with Crippen LogP contribution in [-0.2, 0) is 0 Å². The van der Waals surface area contributed by atoms with E-state index in [1.54, 1.807) is 0 Å². The molecule has 0 unspecified atom stereocenters. The van der Waals surface area contributed by atoms with E-state index >= 15 is 0 Å². The van der Waals surface area contributed by atoms with Gasteiger partial charge in [-0.1, -0.05) is 12.8 Å². The van der Waals surface area contributed by atoms with E-state index in [4.69, 9.17) is 5.73 Å². The molecule has 2 saturated carbocycles. The minimum absolute atomic E-state index is 0.0680. The standard InChI is InChI=1S/C12H23NO/c1-12(13)6-5-11-9(7-12)3-2-4-10(11)8-14/h9-11,14H,2-8,13H2,1H3/t9-,10+,11+,12+/m1/s1. The average Bonchev–Trinajstić information content (AvgIpc) is 2.15. The molecule has 0 spiro atoms. The number of aliphatic hydroxyl groups excluding tert-OH is 1. The Hall–Kier alpha value is -0.0800. The summed E-state index contributed by atoms with van der Waals surface area (Å²) in [6.45, 7) is 2.58. The van der Waals surface area contributed by atoms with E-state index in [1.807, 2.05) is 0 Å². The summed E-state index contributed by atoms with van der Waals surface area (Å²) >= 11 is 0. The zero-order valence-electron chi connectivity index (χ0n) is 9.21. The van der Waals surface area contributed by atoms with Crippen LogP contribution in [0.15, 0.2) is 0 Å². The fraction of sp³-hybridized carbons (Fsp3) is 1.00. The fourth-order valence-electron chi connectivity index (χ4n) is 3.60. The van der Waals surface area contributed by atoms with Gasteiger partial charge in [0.1, 0.15) is 0 Å². The minimum Gasteiger partial charge on any atom is -0.396 e. The second-order valence-corrected chi connectivity index (χ2v) is 5.69. The zero-order valence-corrected chi connectivity index (χ0v) is 9.21. The van der Waals surface area contributed by atoms with E-state index in [9.17, 15) is 5.11 Å². The van der Waals surface area contributed by atoms with Crippen LogP contribution < -0.4 is 5.73 Å². The van der Waals surface area contributed by atoms with Crippen LogP contribution in [0.2, 0.25) is 0 Å². The normalized spacial score (nSPS) is 48.6.